The van der Waals surface area contributed by atoms with Crippen molar-refractivity contribution < 1.29 is 19.4 Å². The molecule has 122 valence electrons. The minimum atomic E-state index is -0.771. The minimum Gasteiger partial charge on any atom is -0.453 e. The molecule has 0 spiro atoms. The first-order valence-corrected chi connectivity index (χ1v) is 7.73. The number of rotatable bonds is 5. The van der Waals surface area contributed by atoms with E-state index in [1.165, 1.54) is 0 Å². The number of aliphatic hydroxyl groups excluding tert-OH is 1. The second-order valence-corrected chi connectivity index (χ2v) is 6.33. The maximum Gasteiger partial charge on any atom is 0.321 e. The van der Waals surface area contributed by atoms with Gasteiger partial charge in [0.25, 0.3) is 0 Å². The number of ketones is 1. The highest BCUT2D eigenvalue weighted by Crippen LogP contribution is 2.40. The SMILES string of the molecule is CC(C=CC1=C(C)C(=O)C(OC(=O)CCl)CC1(C)C)=CCO. The monoisotopic (exact) mass is 326 g/mol. The van der Waals surface area contributed by atoms with Crippen molar-refractivity contribution in [1.29, 1.82) is 0 Å². The second-order valence-electron chi connectivity index (χ2n) is 6.07. The van der Waals surface area contributed by atoms with E-state index in [9.17, 15) is 9.59 Å². The molecule has 22 heavy (non-hydrogen) atoms. The lowest BCUT2D eigenvalue weighted by Gasteiger charge is -2.36. The number of carbonyl (C=O) groups excluding carboxylic acids is 2. The Morgan fingerprint density at radius 2 is 2.14 bits per heavy atom. The topological polar surface area (TPSA) is 63.6 Å². The van der Waals surface area contributed by atoms with Gasteiger partial charge in [0, 0.05) is 6.42 Å². The van der Waals surface area contributed by atoms with Crippen LogP contribution in [0.4, 0.5) is 0 Å². The Morgan fingerprint density at radius 1 is 1.50 bits per heavy atom. The average molecular weight is 327 g/mol. The molecule has 1 N–H and O–H groups in total. The molecular formula is C17H23ClO4. The van der Waals surface area contributed by atoms with Crippen LogP contribution in [0.1, 0.15) is 34.1 Å². The smallest absolute Gasteiger partial charge is 0.321 e. The van der Waals surface area contributed by atoms with Crippen molar-refractivity contribution in [1.82, 2.24) is 0 Å². The first-order chi connectivity index (χ1) is 10.2. The maximum absolute atomic E-state index is 12.4. The van der Waals surface area contributed by atoms with Crippen LogP contribution in [0.2, 0.25) is 0 Å². The second kappa shape index (κ2) is 7.75. The van der Waals surface area contributed by atoms with Gasteiger partial charge in [-0.05, 0) is 30.4 Å². The van der Waals surface area contributed by atoms with Crippen molar-refractivity contribution >= 4 is 23.4 Å². The zero-order valence-electron chi connectivity index (χ0n) is 13.5. The molecule has 0 radical (unpaired) electrons. The third kappa shape index (κ3) is 4.55. The van der Waals surface area contributed by atoms with Gasteiger partial charge < -0.3 is 9.84 Å². The molecule has 1 rings (SSSR count). The highest BCUT2D eigenvalue weighted by Gasteiger charge is 2.39. The fourth-order valence-electron chi connectivity index (χ4n) is 2.61. The largest absolute Gasteiger partial charge is 0.453 e. The summed E-state index contributed by atoms with van der Waals surface area (Å²) in [6.45, 7) is 7.62. The van der Waals surface area contributed by atoms with Gasteiger partial charge in [-0.25, -0.2) is 0 Å². The Bertz CT molecular complexity index is 541. The quantitative estimate of drug-likeness (QED) is 0.479. The molecule has 1 aliphatic rings. The maximum atomic E-state index is 12.4. The van der Waals surface area contributed by atoms with Crippen LogP contribution < -0.4 is 0 Å². The lowest BCUT2D eigenvalue weighted by molar-refractivity contribution is -0.153. The lowest BCUT2D eigenvalue weighted by atomic mass is 9.71. The molecule has 0 aromatic heterocycles. The van der Waals surface area contributed by atoms with Crippen molar-refractivity contribution in [2.45, 2.75) is 40.2 Å². The number of hydrogen-bond donors (Lipinski definition) is 1. The fourth-order valence-corrected chi connectivity index (χ4v) is 2.67. The van der Waals surface area contributed by atoms with E-state index in [2.05, 4.69) is 0 Å². The van der Waals surface area contributed by atoms with Crippen molar-refractivity contribution in [2.24, 2.45) is 5.41 Å². The van der Waals surface area contributed by atoms with E-state index in [-0.39, 0.29) is 23.7 Å². The molecule has 0 bridgehead atoms. The van der Waals surface area contributed by atoms with Gasteiger partial charge in [-0.3, -0.25) is 9.59 Å². The molecule has 0 fully saturated rings. The summed E-state index contributed by atoms with van der Waals surface area (Å²) < 4.78 is 5.15. The van der Waals surface area contributed by atoms with Crippen molar-refractivity contribution in [2.75, 3.05) is 12.5 Å². The summed E-state index contributed by atoms with van der Waals surface area (Å²) in [4.78, 5) is 23.7. The van der Waals surface area contributed by atoms with Crippen LogP contribution >= 0.6 is 11.6 Å². The number of alkyl halides is 1. The highest BCUT2D eigenvalue weighted by molar-refractivity contribution is 6.26. The highest BCUT2D eigenvalue weighted by atomic mass is 35.5. The van der Waals surface area contributed by atoms with E-state index < -0.39 is 12.1 Å². The van der Waals surface area contributed by atoms with Gasteiger partial charge in [0.15, 0.2) is 11.9 Å². The van der Waals surface area contributed by atoms with E-state index in [4.69, 9.17) is 21.4 Å². The molecule has 0 heterocycles. The molecule has 5 heteroatoms. The third-order valence-corrected chi connectivity index (χ3v) is 4.02. The Kier molecular flexibility index (Phi) is 6.57. The summed E-state index contributed by atoms with van der Waals surface area (Å²) in [5, 5.41) is 8.88. The summed E-state index contributed by atoms with van der Waals surface area (Å²) >= 11 is 5.43. The number of hydrogen-bond acceptors (Lipinski definition) is 4. The first-order valence-electron chi connectivity index (χ1n) is 7.19. The zero-order chi connectivity index (χ0) is 16.9. The molecule has 0 saturated heterocycles. The predicted octanol–water partition coefficient (Wildman–Crippen LogP) is 2.95. The summed E-state index contributed by atoms with van der Waals surface area (Å²) in [6.07, 6.45) is 5.11. The van der Waals surface area contributed by atoms with Crippen molar-refractivity contribution in [3.63, 3.8) is 0 Å². The predicted molar refractivity (Wildman–Crippen MR) is 86.7 cm³/mol. The third-order valence-electron chi connectivity index (χ3n) is 3.80. The van der Waals surface area contributed by atoms with Crippen molar-refractivity contribution in [3.05, 3.63) is 34.9 Å². The molecule has 1 aliphatic carbocycles. The molecule has 0 aromatic carbocycles. The van der Waals surface area contributed by atoms with E-state index in [1.807, 2.05) is 32.9 Å². The number of esters is 1. The zero-order valence-corrected chi connectivity index (χ0v) is 14.2. The van der Waals surface area contributed by atoms with Crippen LogP contribution in [0.5, 0.6) is 0 Å². The van der Waals surface area contributed by atoms with Gasteiger partial charge >= 0.3 is 5.97 Å². The Labute approximate surface area is 136 Å². The number of aliphatic hydroxyl groups is 1. The molecule has 0 saturated carbocycles. The number of halogens is 1. The van der Waals surface area contributed by atoms with E-state index in [0.29, 0.717) is 12.0 Å². The number of ether oxygens (including phenoxy) is 1. The summed E-state index contributed by atoms with van der Waals surface area (Å²) in [6, 6.07) is 0. The standard InChI is InChI=1S/C17H23ClO4/c1-11(7-8-19)5-6-13-12(2)16(21)14(9-17(13,3)4)22-15(20)10-18/h5-7,14,19H,8-10H2,1-4H3. The Hall–Kier alpha value is -1.39. The van der Waals surface area contributed by atoms with Gasteiger partial charge in [-0.2, -0.15) is 0 Å². The first kappa shape index (κ1) is 18.7. The van der Waals surface area contributed by atoms with Crippen LogP contribution in [0.3, 0.4) is 0 Å². The van der Waals surface area contributed by atoms with E-state index >= 15 is 0 Å². The number of allylic oxidation sites excluding steroid dienone is 4. The molecule has 4 nitrogen and oxygen atoms in total. The Balaban J connectivity index is 3.09. The van der Waals surface area contributed by atoms with E-state index in [1.54, 1.807) is 13.0 Å². The molecule has 1 unspecified atom stereocenters. The Morgan fingerprint density at radius 3 is 2.68 bits per heavy atom. The van der Waals surface area contributed by atoms with Crippen molar-refractivity contribution in [3.8, 4) is 0 Å². The van der Waals surface area contributed by atoms with Gasteiger partial charge in [0.1, 0.15) is 5.88 Å². The van der Waals surface area contributed by atoms with Gasteiger partial charge in [-0.15, -0.1) is 11.6 Å². The lowest BCUT2D eigenvalue weighted by Crippen LogP contribution is -2.39. The van der Waals surface area contributed by atoms with Crippen LogP contribution in [-0.4, -0.2) is 35.4 Å². The summed E-state index contributed by atoms with van der Waals surface area (Å²) in [5.41, 5.74) is 2.13. The molecule has 0 aromatic rings. The summed E-state index contributed by atoms with van der Waals surface area (Å²) in [7, 11) is 0. The molecule has 1 atom stereocenters. The van der Waals surface area contributed by atoms with E-state index in [0.717, 1.165) is 11.1 Å². The average Bonchev–Trinajstić information content (AvgIpc) is 2.44. The van der Waals surface area contributed by atoms with Gasteiger partial charge in [0.05, 0.1) is 6.61 Å². The summed E-state index contributed by atoms with van der Waals surface area (Å²) in [5.74, 6) is -1.02. The molecule has 0 aliphatic heterocycles. The van der Waals surface area contributed by atoms with Crippen LogP contribution in [0, 0.1) is 5.41 Å². The van der Waals surface area contributed by atoms with Gasteiger partial charge in [0.2, 0.25) is 0 Å². The molecule has 0 amide bonds. The number of carbonyl (C=O) groups is 2. The van der Waals surface area contributed by atoms with Crippen LogP contribution in [-0.2, 0) is 14.3 Å². The minimum absolute atomic E-state index is 0.0209. The van der Waals surface area contributed by atoms with Crippen LogP contribution in [0.25, 0.3) is 0 Å². The normalized spacial score (nSPS) is 22.4. The van der Waals surface area contributed by atoms with Gasteiger partial charge in [-0.1, -0.05) is 37.6 Å². The van der Waals surface area contributed by atoms with Crippen LogP contribution in [0.15, 0.2) is 34.9 Å². The molecular weight excluding hydrogens is 304 g/mol. The number of Topliss-reactive ketones (excluding diaryl/α,β-unsaturated/α-hetero) is 1. The fraction of sp³-hybridized carbons (Fsp3) is 0.529.